The van der Waals surface area contributed by atoms with Crippen LogP contribution in [0, 0.1) is 0 Å². The molecule has 0 saturated heterocycles. The molecule has 2 N–H and O–H groups in total. The summed E-state index contributed by atoms with van der Waals surface area (Å²) < 4.78 is 4.84. The lowest BCUT2D eigenvalue weighted by Gasteiger charge is -2.09. The Bertz CT molecular complexity index is 179. The zero-order valence-corrected chi connectivity index (χ0v) is 11.9. The second-order valence-corrected chi connectivity index (χ2v) is 5.93. The van der Waals surface area contributed by atoms with Crippen molar-refractivity contribution in [3.05, 3.63) is 0 Å². The lowest BCUT2D eigenvalue weighted by Crippen LogP contribution is -2.32. The molecule has 5 heteroatoms. The van der Waals surface area contributed by atoms with Crippen LogP contribution in [0.25, 0.3) is 0 Å². The van der Waals surface area contributed by atoms with Crippen LogP contribution in [0.2, 0.25) is 0 Å². The molecule has 0 aliphatic carbocycles. The molecule has 0 rings (SSSR count). The summed E-state index contributed by atoms with van der Waals surface area (Å²) in [5, 5.41) is 0. The van der Waals surface area contributed by atoms with Crippen molar-refractivity contribution in [3.63, 3.8) is 0 Å². The number of thioether (sulfide) groups is 2. The Hall–Kier alpha value is 0.130. The Morgan fingerprint density at radius 2 is 1.94 bits per heavy atom. The molecule has 0 spiro atoms. The third-order valence-electron chi connectivity index (χ3n) is 1.94. The van der Waals surface area contributed by atoms with E-state index in [-0.39, 0.29) is 5.97 Å². The summed E-state index contributed by atoms with van der Waals surface area (Å²) in [6, 6.07) is -0.447. The maximum Gasteiger partial charge on any atom is 0.322 e. The number of carbonyl (C=O) groups is 1. The van der Waals surface area contributed by atoms with Crippen LogP contribution in [0.15, 0.2) is 0 Å². The molecule has 0 aromatic heterocycles. The quantitative estimate of drug-likeness (QED) is 0.484. The molecule has 16 heavy (non-hydrogen) atoms. The van der Waals surface area contributed by atoms with Gasteiger partial charge in [-0.15, -0.1) is 0 Å². The fraction of sp³-hybridized carbons (Fsp3) is 0.909. The van der Waals surface area contributed by atoms with E-state index < -0.39 is 6.04 Å². The van der Waals surface area contributed by atoms with Crippen molar-refractivity contribution in [2.24, 2.45) is 5.73 Å². The van der Waals surface area contributed by atoms with Crippen LogP contribution in [0.3, 0.4) is 0 Å². The third-order valence-corrected chi connectivity index (χ3v) is 4.03. The van der Waals surface area contributed by atoms with Crippen molar-refractivity contribution in [1.82, 2.24) is 0 Å². The molecule has 96 valence electrons. The third kappa shape index (κ3) is 9.36. The molecule has 0 aromatic carbocycles. The van der Waals surface area contributed by atoms with Gasteiger partial charge < -0.3 is 10.5 Å². The van der Waals surface area contributed by atoms with Gasteiger partial charge in [0.05, 0.1) is 6.61 Å². The molecule has 1 unspecified atom stereocenters. The number of nitrogens with two attached hydrogens (primary N) is 1. The van der Waals surface area contributed by atoms with E-state index in [9.17, 15) is 4.79 Å². The number of ether oxygens (including phenoxy) is 1. The Labute approximate surface area is 107 Å². The zero-order valence-electron chi connectivity index (χ0n) is 10.2. The SMILES string of the molecule is CCOC(=O)C(N)CCSCCCSCC. The minimum Gasteiger partial charge on any atom is -0.465 e. The molecular weight excluding hydrogens is 242 g/mol. The first-order valence-corrected chi connectivity index (χ1v) is 8.11. The van der Waals surface area contributed by atoms with Gasteiger partial charge in [0, 0.05) is 0 Å². The number of hydrogen-bond donors (Lipinski definition) is 1. The summed E-state index contributed by atoms with van der Waals surface area (Å²) in [6.07, 6.45) is 1.95. The van der Waals surface area contributed by atoms with Gasteiger partial charge in [0.1, 0.15) is 6.04 Å². The van der Waals surface area contributed by atoms with Crippen molar-refractivity contribution in [1.29, 1.82) is 0 Å². The van der Waals surface area contributed by atoms with E-state index in [0.717, 1.165) is 11.5 Å². The van der Waals surface area contributed by atoms with Crippen LogP contribution in [0.5, 0.6) is 0 Å². The summed E-state index contributed by atoms with van der Waals surface area (Å²) >= 11 is 3.84. The highest BCUT2D eigenvalue weighted by Crippen LogP contribution is 2.09. The molecule has 0 heterocycles. The van der Waals surface area contributed by atoms with Crippen molar-refractivity contribution in [3.8, 4) is 0 Å². The Morgan fingerprint density at radius 3 is 2.56 bits per heavy atom. The summed E-state index contributed by atoms with van der Waals surface area (Å²) in [6.45, 7) is 4.38. The van der Waals surface area contributed by atoms with Gasteiger partial charge in [-0.3, -0.25) is 4.79 Å². The van der Waals surface area contributed by atoms with Gasteiger partial charge in [-0.05, 0) is 42.8 Å². The maximum absolute atomic E-state index is 11.2. The molecular formula is C11H23NO2S2. The van der Waals surface area contributed by atoms with E-state index in [1.165, 1.54) is 17.9 Å². The van der Waals surface area contributed by atoms with Crippen LogP contribution in [0.4, 0.5) is 0 Å². The molecule has 3 nitrogen and oxygen atoms in total. The first-order valence-electron chi connectivity index (χ1n) is 5.80. The van der Waals surface area contributed by atoms with Gasteiger partial charge >= 0.3 is 5.97 Å². The maximum atomic E-state index is 11.2. The molecule has 0 aliphatic heterocycles. The molecule has 0 bridgehead atoms. The summed E-state index contributed by atoms with van der Waals surface area (Å²) in [7, 11) is 0. The van der Waals surface area contributed by atoms with Gasteiger partial charge in [-0.2, -0.15) is 23.5 Å². The molecule has 0 aliphatic rings. The molecule has 0 amide bonds. The Morgan fingerprint density at radius 1 is 1.25 bits per heavy atom. The van der Waals surface area contributed by atoms with Crippen molar-refractivity contribution in [2.75, 3.05) is 29.6 Å². The number of carbonyl (C=O) groups excluding carboxylic acids is 1. The highest BCUT2D eigenvalue weighted by molar-refractivity contribution is 8.00. The average molecular weight is 265 g/mol. The number of esters is 1. The van der Waals surface area contributed by atoms with E-state index in [0.29, 0.717) is 13.0 Å². The zero-order chi connectivity index (χ0) is 12.2. The summed E-state index contributed by atoms with van der Waals surface area (Å²) in [5.41, 5.74) is 5.67. The van der Waals surface area contributed by atoms with Gasteiger partial charge in [-0.1, -0.05) is 6.92 Å². The van der Waals surface area contributed by atoms with Gasteiger partial charge in [0.15, 0.2) is 0 Å². The predicted molar refractivity (Wildman–Crippen MR) is 74.2 cm³/mol. The number of hydrogen-bond acceptors (Lipinski definition) is 5. The van der Waals surface area contributed by atoms with Crippen molar-refractivity contribution in [2.45, 2.75) is 32.7 Å². The van der Waals surface area contributed by atoms with E-state index in [4.69, 9.17) is 10.5 Å². The van der Waals surface area contributed by atoms with Crippen molar-refractivity contribution < 1.29 is 9.53 Å². The first kappa shape index (κ1) is 16.1. The molecule has 0 aromatic rings. The highest BCUT2D eigenvalue weighted by Gasteiger charge is 2.13. The Kier molecular flexibility index (Phi) is 11.7. The van der Waals surface area contributed by atoms with E-state index in [2.05, 4.69) is 6.92 Å². The lowest BCUT2D eigenvalue weighted by molar-refractivity contribution is -0.144. The fourth-order valence-electron chi connectivity index (χ4n) is 1.09. The molecule has 0 saturated carbocycles. The van der Waals surface area contributed by atoms with Crippen LogP contribution in [-0.4, -0.2) is 41.6 Å². The smallest absolute Gasteiger partial charge is 0.322 e. The minimum absolute atomic E-state index is 0.273. The highest BCUT2D eigenvalue weighted by atomic mass is 32.2. The van der Waals surface area contributed by atoms with E-state index >= 15 is 0 Å². The predicted octanol–water partition coefficient (Wildman–Crippen LogP) is 2.14. The van der Waals surface area contributed by atoms with E-state index in [1.54, 1.807) is 6.92 Å². The first-order chi connectivity index (χ1) is 7.72. The van der Waals surface area contributed by atoms with Gasteiger partial charge in [0.2, 0.25) is 0 Å². The standard InChI is InChI=1S/C11H23NO2S2/c1-3-14-11(13)10(12)6-9-16-8-5-7-15-4-2/h10H,3-9,12H2,1-2H3. The van der Waals surface area contributed by atoms with Gasteiger partial charge in [-0.25, -0.2) is 0 Å². The normalized spacial score (nSPS) is 12.4. The van der Waals surface area contributed by atoms with Crippen molar-refractivity contribution >= 4 is 29.5 Å². The summed E-state index contributed by atoms with van der Waals surface area (Å²) in [5.74, 6) is 4.25. The number of rotatable bonds is 10. The second-order valence-electron chi connectivity index (χ2n) is 3.31. The minimum atomic E-state index is -0.447. The van der Waals surface area contributed by atoms with Crippen LogP contribution in [0.1, 0.15) is 26.7 Å². The topological polar surface area (TPSA) is 52.3 Å². The lowest BCUT2D eigenvalue weighted by atomic mass is 10.2. The van der Waals surface area contributed by atoms with Crippen LogP contribution < -0.4 is 5.73 Å². The molecule has 1 atom stereocenters. The van der Waals surface area contributed by atoms with Gasteiger partial charge in [0.25, 0.3) is 0 Å². The second kappa shape index (κ2) is 11.6. The fourth-order valence-corrected chi connectivity index (χ4v) is 2.88. The Balaban J connectivity index is 3.27. The van der Waals surface area contributed by atoms with E-state index in [1.807, 2.05) is 23.5 Å². The monoisotopic (exact) mass is 265 g/mol. The molecule has 0 radical (unpaired) electrons. The average Bonchev–Trinajstić information content (AvgIpc) is 2.28. The van der Waals surface area contributed by atoms with Crippen LogP contribution >= 0.6 is 23.5 Å². The summed E-state index contributed by atoms with van der Waals surface area (Å²) in [4.78, 5) is 11.2. The largest absolute Gasteiger partial charge is 0.465 e. The van der Waals surface area contributed by atoms with Crippen LogP contribution in [-0.2, 0) is 9.53 Å². The molecule has 0 fully saturated rings.